The lowest BCUT2D eigenvalue weighted by Gasteiger charge is -2.13. The molecule has 3 aliphatic rings. The van der Waals surface area contributed by atoms with Gasteiger partial charge in [0.1, 0.15) is 6.61 Å². The Morgan fingerprint density at radius 2 is 1.72 bits per heavy atom. The number of amides is 2. The molecule has 2 bridgehead atoms. The summed E-state index contributed by atoms with van der Waals surface area (Å²) < 4.78 is 5.76. The van der Waals surface area contributed by atoms with Crippen LogP contribution in [0.5, 0.6) is 5.75 Å². The third-order valence-corrected chi connectivity index (χ3v) is 6.86. The zero-order valence-electron chi connectivity index (χ0n) is 16.7. The van der Waals surface area contributed by atoms with Crippen LogP contribution in [0.4, 0.5) is 0 Å². The van der Waals surface area contributed by atoms with Gasteiger partial charge < -0.3 is 4.74 Å². The maximum atomic E-state index is 12.7. The molecule has 2 amide bonds. The SMILES string of the molecule is N#Cc1ccccc1COc1c(Cl)cc(C=NN2C(=O)C3C4C=CC(C4)C3C2=O)cc1Cl. The first-order chi connectivity index (χ1) is 15.5. The average molecular weight is 466 g/mol. The molecule has 0 radical (unpaired) electrons. The monoisotopic (exact) mass is 465 g/mol. The topological polar surface area (TPSA) is 82.8 Å². The van der Waals surface area contributed by atoms with Crippen molar-refractivity contribution in [2.75, 3.05) is 0 Å². The van der Waals surface area contributed by atoms with Crippen molar-refractivity contribution >= 4 is 41.2 Å². The zero-order valence-corrected chi connectivity index (χ0v) is 18.3. The molecule has 1 heterocycles. The standard InChI is InChI=1S/C24H17Cl2N3O3/c25-18-7-13(8-19(26)22(18)32-12-17-4-2-1-3-16(17)10-27)11-28-29-23(30)20-14-5-6-15(9-14)21(20)24(29)31/h1-8,11,14-15,20-21H,9,12H2. The van der Waals surface area contributed by atoms with E-state index in [-0.39, 0.29) is 57.9 Å². The van der Waals surface area contributed by atoms with Crippen LogP contribution in [0, 0.1) is 35.0 Å². The van der Waals surface area contributed by atoms with Crippen LogP contribution in [-0.2, 0) is 16.2 Å². The Labute approximate surface area is 194 Å². The molecule has 6 nitrogen and oxygen atoms in total. The van der Waals surface area contributed by atoms with E-state index in [0.717, 1.165) is 11.4 Å². The first kappa shape index (κ1) is 20.7. The van der Waals surface area contributed by atoms with Crippen molar-refractivity contribution in [3.63, 3.8) is 0 Å². The number of hydrogen-bond donors (Lipinski definition) is 0. The van der Waals surface area contributed by atoms with Gasteiger partial charge in [-0.15, -0.1) is 0 Å². The Morgan fingerprint density at radius 3 is 2.34 bits per heavy atom. The van der Waals surface area contributed by atoms with Crippen LogP contribution in [-0.4, -0.2) is 23.0 Å². The van der Waals surface area contributed by atoms with Crippen LogP contribution in [0.3, 0.4) is 0 Å². The third kappa shape index (κ3) is 3.38. The first-order valence-corrected chi connectivity index (χ1v) is 10.9. The Balaban J connectivity index is 1.32. The number of imide groups is 1. The average Bonchev–Trinajstić information content (AvgIpc) is 3.46. The fourth-order valence-electron chi connectivity index (χ4n) is 4.82. The predicted octanol–water partition coefficient (Wildman–Crippen LogP) is 4.59. The molecule has 1 saturated heterocycles. The number of allylic oxidation sites excluding steroid dienone is 2. The van der Waals surface area contributed by atoms with E-state index in [4.69, 9.17) is 27.9 Å². The second-order valence-electron chi connectivity index (χ2n) is 8.10. The van der Waals surface area contributed by atoms with Crippen LogP contribution in [0.2, 0.25) is 10.0 Å². The van der Waals surface area contributed by atoms with Gasteiger partial charge in [0.15, 0.2) is 5.75 Å². The first-order valence-electron chi connectivity index (χ1n) is 10.2. The Bertz CT molecular complexity index is 1180. The number of nitriles is 1. The van der Waals surface area contributed by atoms with Gasteiger partial charge in [-0.05, 0) is 42.0 Å². The van der Waals surface area contributed by atoms with Crippen molar-refractivity contribution in [3.8, 4) is 11.8 Å². The molecule has 8 heteroatoms. The van der Waals surface area contributed by atoms with E-state index in [1.807, 2.05) is 18.2 Å². The second kappa shape index (κ2) is 8.09. The number of carbonyl (C=O) groups is 2. The largest absolute Gasteiger partial charge is 0.486 e. The summed E-state index contributed by atoms with van der Waals surface area (Å²) in [6.45, 7) is 0.131. The molecule has 4 atom stereocenters. The van der Waals surface area contributed by atoms with Crippen molar-refractivity contribution in [3.05, 3.63) is 75.3 Å². The number of halogens is 2. The summed E-state index contributed by atoms with van der Waals surface area (Å²) in [7, 11) is 0. The van der Waals surface area contributed by atoms with Crippen LogP contribution in [0.15, 0.2) is 53.7 Å². The van der Waals surface area contributed by atoms with Gasteiger partial charge in [-0.2, -0.15) is 15.4 Å². The van der Waals surface area contributed by atoms with Crippen LogP contribution < -0.4 is 4.74 Å². The highest BCUT2D eigenvalue weighted by molar-refractivity contribution is 6.37. The van der Waals surface area contributed by atoms with Crippen molar-refractivity contribution < 1.29 is 14.3 Å². The van der Waals surface area contributed by atoms with Gasteiger partial charge in [0, 0.05) is 5.56 Å². The van der Waals surface area contributed by atoms with Crippen LogP contribution >= 0.6 is 23.2 Å². The van der Waals surface area contributed by atoms with Gasteiger partial charge in [0.05, 0.1) is 39.7 Å². The molecule has 2 aromatic rings. The highest BCUT2D eigenvalue weighted by Gasteiger charge is 2.59. The Kier molecular flexibility index (Phi) is 5.24. The van der Waals surface area contributed by atoms with E-state index < -0.39 is 0 Å². The molecule has 0 aromatic heterocycles. The second-order valence-corrected chi connectivity index (χ2v) is 8.92. The molecule has 4 unspecified atom stereocenters. The van der Waals surface area contributed by atoms with Crippen LogP contribution in [0.1, 0.15) is 23.1 Å². The van der Waals surface area contributed by atoms with E-state index in [2.05, 4.69) is 11.2 Å². The lowest BCUT2D eigenvalue weighted by atomic mass is 9.85. The van der Waals surface area contributed by atoms with Gasteiger partial charge in [0.25, 0.3) is 11.8 Å². The number of rotatable bonds is 5. The zero-order chi connectivity index (χ0) is 22.4. The maximum absolute atomic E-state index is 12.7. The quantitative estimate of drug-likeness (QED) is 0.367. The molecule has 0 N–H and O–H groups in total. The summed E-state index contributed by atoms with van der Waals surface area (Å²) in [4.78, 5) is 25.5. The van der Waals surface area contributed by atoms with E-state index in [0.29, 0.717) is 16.7 Å². The fraction of sp³-hybridized carbons (Fsp3) is 0.250. The van der Waals surface area contributed by atoms with Crippen molar-refractivity contribution in [2.24, 2.45) is 28.8 Å². The third-order valence-electron chi connectivity index (χ3n) is 6.30. The fourth-order valence-corrected chi connectivity index (χ4v) is 5.43. The number of hydrazone groups is 1. The molecule has 160 valence electrons. The smallest absolute Gasteiger partial charge is 0.254 e. The maximum Gasteiger partial charge on any atom is 0.254 e. The number of benzene rings is 2. The van der Waals surface area contributed by atoms with Crippen molar-refractivity contribution in [2.45, 2.75) is 13.0 Å². The van der Waals surface area contributed by atoms with Gasteiger partial charge in [-0.25, -0.2) is 0 Å². The molecule has 2 fully saturated rings. The molecule has 2 aromatic carbocycles. The highest BCUT2D eigenvalue weighted by atomic mass is 35.5. The lowest BCUT2D eigenvalue weighted by Crippen LogP contribution is -2.28. The highest BCUT2D eigenvalue weighted by Crippen LogP contribution is 2.52. The van der Waals surface area contributed by atoms with Crippen LogP contribution in [0.25, 0.3) is 0 Å². The molecular formula is C24H17Cl2N3O3. The Hall–Kier alpha value is -3.14. The molecule has 0 spiro atoms. The molecule has 2 aliphatic carbocycles. The number of hydrogen-bond acceptors (Lipinski definition) is 5. The molecule has 32 heavy (non-hydrogen) atoms. The summed E-state index contributed by atoms with van der Waals surface area (Å²) in [5.41, 5.74) is 1.76. The summed E-state index contributed by atoms with van der Waals surface area (Å²) in [5, 5.41) is 14.8. The minimum Gasteiger partial charge on any atom is -0.486 e. The number of carbonyl (C=O) groups excluding carboxylic acids is 2. The number of ether oxygens (including phenoxy) is 1. The normalized spacial score (nSPS) is 25.6. The molecular weight excluding hydrogens is 449 g/mol. The minimum atomic E-state index is -0.297. The van der Waals surface area contributed by atoms with Crippen molar-refractivity contribution in [1.82, 2.24) is 5.01 Å². The summed E-state index contributed by atoms with van der Waals surface area (Å²) in [6.07, 6.45) is 6.35. The van der Waals surface area contributed by atoms with Gasteiger partial charge in [0.2, 0.25) is 0 Å². The van der Waals surface area contributed by atoms with E-state index in [9.17, 15) is 14.9 Å². The molecule has 1 saturated carbocycles. The Morgan fingerprint density at radius 1 is 1.09 bits per heavy atom. The van der Waals surface area contributed by atoms with Gasteiger partial charge >= 0.3 is 0 Å². The lowest BCUT2D eigenvalue weighted by molar-refractivity contribution is -0.140. The van der Waals surface area contributed by atoms with Crippen molar-refractivity contribution in [1.29, 1.82) is 5.26 Å². The predicted molar refractivity (Wildman–Crippen MR) is 119 cm³/mol. The van der Waals surface area contributed by atoms with E-state index >= 15 is 0 Å². The minimum absolute atomic E-state index is 0.131. The summed E-state index contributed by atoms with van der Waals surface area (Å²) >= 11 is 12.7. The van der Waals surface area contributed by atoms with Gasteiger partial charge in [-0.1, -0.05) is 53.6 Å². The number of nitrogens with zero attached hydrogens (tertiary/aromatic N) is 3. The number of fused-ring (bicyclic) bond motifs is 5. The van der Waals surface area contributed by atoms with E-state index in [1.165, 1.54) is 6.21 Å². The van der Waals surface area contributed by atoms with Gasteiger partial charge in [-0.3, -0.25) is 9.59 Å². The van der Waals surface area contributed by atoms with E-state index in [1.54, 1.807) is 30.3 Å². The summed E-state index contributed by atoms with van der Waals surface area (Å²) in [6, 6.07) is 12.4. The summed E-state index contributed by atoms with van der Waals surface area (Å²) in [5.74, 6) is -0.546. The molecule has 1 aliphatic heterocycles. The molecule has 5 rings (SSSR count).